The van der Waals surface area contributed by atoms with Gasteiger partial charge in [-0.25, -0.2) is 4.39 Å². The van der Waals surface area contributed by atoms with Crippen molar-refractivity contribution in [2.75, 3.05) is 0 Å². The summed E-state index contributed by atoms with van der Waals surface area (Å²) in [5.41, 5.74) is 1.30. The van der Waals surface area contributed by atoms with E-state index >= 15 is 0 Å². The maximum atomic E-state index is 13.2. The summed E-state index contributed by atoms with van der Waals surface area (Å²) in [6, 6.07) is 6.45. The quantitative estimate of drug-likeness (QED) is 0.872. The van der Waals surface area contributed by atoms with Crippen molar-refractivity contribution in [1.82, 2.24) is 5.32 Å². The molecular formula is C17H21FN2O2. The van der Waals surface area contributed by atoms with E-state index in [9.17, 15) is 9.18 Å². The van der Waals surface area contributed by atoms with Crippen molar-refractivity contribution in [3.05, 3.63) is 35.6 Å². The maximum absolute atomic E-state index is 13.2. The predicted molar refractivity (Wildman–Crippen MR) is 82.1 cm³/mol. The molecule has 1 aliphatic carbocycles. The fourth-order valence-electron chi connectivity index (χ4n) is 3.07. The van der Waals surface area contributed by atoms with E-state index in [1.54, 1.807) is 12.1 Å². The molecule has 0 bridgehead atoms. The van der Waals surface area contributed by atoms with Crippen molar-refractivity contribution >= 4 is 11.6 Å². The normalized spacial score (nSPS) is 22.6. The van der Waals surface area contributed by atoms with Crippen molar-refractivity contribution < 1.29 is 14.0 Å². The average molecular weight is 304 g/mol. The average Bonchev–Trinajstić information content (AvgIpc) is 2.87. The molecular weight excluding hydrogens is 283 g/mol. The van der Waals surface area contributed by atoms with Crippen LogP contribution < -0.4 is 5.32 Å². The third kappa shape index (κ3) is 3.64. The number of amides is 1. The van der Waals surface area contributed by atoms with Gasteiger partial charge in [0.2, 0.25) is 6.10 Å². The summed E-state index contributed by atoms with van der Waals surface area (Å²) in [6.45, 7) is 0. The van der Waals surface area contributed by atoms with Gasteiger partial charge in [-0.1, -0.05) is 43.0 Å². The van der Waals surface area contributed by atoms with Crippen LogP contribution in [-0.4, -0.2) is 23.8 Å². The number of benzene rings is 1. The van der Waals surface area contributed by atoms with E-state index in [4.69, 9.17) is 4.84 Å². The molecule has 1 aromatic rings. The summed E-state index contributed by atoms with van der Waals surface area (Å²) in [4.78, 5) is 17.5. The molecule has 118 valence electrons. The standard InChI is InChI=1S/C17H21FN2O2/c18-13-7-5-6-12(10-13)15-11-16(22-20-15)17(21)19-14-8-3-1-2-4-9-14/h5-7,10,14,16H,1-4,8-9,11H2,(H,19,21)/t16-/m0/s1. The fraction of sp³-hybridized carbons (Fsp3) is 0.529. The third-order valence-corrected chi connectivity index (χ3v) is 4.32. The highest BCUT2D eigenvalue weighted by atomic mass is 19.1. The van der Waals surface area contributed by atoms with E-state index in [2.05, 4.69) is 10.5 Å². The van der Waals surface area contributed by atoms with Crippen LogP contribution in [0.1, 0.15) is 50.5 Å². The zero-order valence-electron chi connectivity index (χ0n) is 12.6. The second-order valence-electron chi connectivity index (χ2n) is 6.04. The molecule has 1 atom stereocenters. The van der Waals surface area contributed by atoms with Crippen molar-refractivity contribution in [3.8, 4) is 0 Å². The van der Waals surface area contributed by atoms with Crippen LogP contribution in [0.4, 0.5) is 4.39 Å². The number of hydrogen-bond donors (Lipinski definition) is 1. The highest BCUT2D eigenvalue weighted by molar-refractivity contribution is 6.04. The fourth-order valence-corrected chi connectivity index (χ4v) is 3.07. The summed E-state index contributed by atoms with van der Waals surface area (Å²) in [6.07, 6.45) is 6.71. The van der Waals surface area contributed by atoms with E-state index < -0.39 is 6.10 Å². The second kappa shape index (κ2) is 6.90. The zero-order valence-corrected chi connectivity index (χ0v) is 12.6. The van der Waals surface area contributed by atoms with Crippen molar-refractivity contribution in [1.29, 1.82) is 0 Å². The lowest BCUT2D eigenvalue weighted by molar-refractivity contribution is -0.132. The van der Waals surface area contributed by atoms with Crippen molar-refractivity contribution in [2.24, 2.45) is 5.16 Å². The minimum absolute atomic E-state index is 0.109. The van der Waals surface area contributed by atoms with E-state index in [-0.39, 0.29) is 17.8 Å². The molecule has 22 heavy (non-hydrogen) atoms. The SMILES string of the molecule is O=C(NC1CCCCCC1)[C@@H]1CC(c2cccc(F)c2)=NO1. The van der Waals surface area contributed by atoms with Gasteiger partial charge in [0.25, 0.3) is 5.91 Å². The topological polar surface area (TPSA) is 50.7 Å². The van der Waals surface area contributed by atoms with Gasteiger partial charge in [0.15, 0.2) is 0 Å². The maximum Gasteiger partial charge on any atom is 0.264 e. The third-order valence-electron chi connectivity index (χ3n) is 4.32. The summed E-state index contributed by atoms with van der Waals surface area (Å²) in [5, 5.41) is 7.02. The van der Waals surface area contributed by atoms with Gasteiger partial charge in [-0.3, -0.25) is 4.79 Å². The van der Waals surface area contributed by atoms with Crippen LogP contribution in [0.25, 0.3) is 0 Å². The molecule has 1 aromatic carbocycles. The van der Waals surface area contributed by atoms with Gasteiger partial charge in [0.1, 0.15) is 5.82 Å². The van der Waals surface area contributed by atoms with Crippen LogP contribution in [0.15, 0.2) is 29.4 Å². The van der Waals surface area contributed by atoms with Gasteiger partial charge >= 0.3 is 0 Å². The number of carbonyl (C=O) groups excluding carboxylic acids is 1. The summed E-state index contributed by atoms with van der Waals surface area (Å²) in [5.74, 6) is -0.423. The van der Waals surface area contributed by atoms with E-state index in [1.807, 2.05) is 0 Å². The Labute approximate surface area is 129 Å². The van der Waals surface area contributed by atoms with Crippen LogP contribution in [0.3, 0.4) is 0 Å². The first-order chi connectivity index (χ1) is 10.7. The number of oxime groups is 1. The summed E-state index contributed by atoms with van der Waals surface area (Å²) in [7, 11) is 0. The molecule has 1 fully saturated rings. The van der Waals surface area contributed by atoms with Crippen molar-refractivity contribution in [3.63, 3.8) is 0 Å². The second-order valence-corrected chi connectivity index (χ2v) is 6.04. The van der Waals surface area contributed by atoms with Gasteiger partial charge in [-0.05, 0) is 25.0 Å². The molecule has 1 amide bonds. The lowest BCUT2D eigenvalue weighted by Gasteiger charge is -2.18. The predicted octanol–water partition coefficient (Wildman–Crippen LogP) is 3.16. The highest BCUT2D eigenvalue weighted by Crippen LogP contribution is 2.20. The number of rotatable bonds is 3. The number of carbonyl (C=O) groups is 1. The Kier molecular flexibility index (Phi) is 4.71. The minimum Gasteiger partial charge on any atom is -0.382 e. The van der Waals surface area contributed by atoms with Crippen LogP contribution >= 0.6 is 0 Å². The molecule has 1 aliphatic heterocycles. The molecule has 0 spiro atoms. The first-order valence-electron chi connectivity index (χ1n) is 8.01. The molecule has 2 aliphatic rings. The molecule has 1 saturated carbocycles. The lowest BCUT2D eigenvalue weighted by Crippen LogP contribution is -2.41. The molecule has 1 heterocycles. The summed E-state index contributed by atoms with van der Waals surface area (Å²) >= 11 is 0. The Bertz CT molecular complexity index is 566. The Morgan fingerprint density at radius 3 is 2.73 bits per heavy atom. The van der Waals surface area contributed by atoms with Gasteiger partial charge in [-0.15, -0.1) is 0 Å². The Balaban J connectivity index is 1.55. The van der Waals surface area contributed by atoms with Crippen LogP contribution in [0.2, 0.25) is 0 Å². The van der Waals surface area contributed by atoms with E-state index in [0.717, 1.165) is 12.8 Å². The van der Waals surface area contributed by atoms with Gasteiger partial charge < -0.3 is 10.2 Å². The molecule has 0 saturated heterocycles. The first-order valence-corrected chi connectivity index (χ1v) is 8.01. The smallest absolute Gasteiger partial charge is 0.264 e. The molecule has 5 heteroatoms. The largest absolute Gasteiger partial charge is 0.382 e. The van der Waals surface area contributed by atoms with Gasteiger partial charge in [0, 0.05) is 18.0 Å². The van der Waals surface area contributed by atoms with E-state index in [1.165, 1.54) is 37.8 Å². The van der Waals surface area contributed by atoms with E-state index in [0.29, 0.717) is 17.7 Å². The molecule has 0 unspecified atom stereocenters. The number of nitrogens with one attached hydrogen (secondary N) is 1. The van der Waals surface area contributed by atoms with Gasteiger partial charge in [0.05, 0.1) is 5.71 Å². The van der Waals surface area contributed by atoms with Crippen molar-refractivity contribution in [2.45, 2.75) is 57.1 Å². The Morgan fingerprint density at radius 2 is 2.00 bits per heavy atom. The van der Waals surface area contributed by atoms with Crippen LogP contribution in [0.5, 0.6) is 0 Å². The Hall–Kier alpha value is -1.91. The number of halogens is 1. The number of hydrogen-bond acceptors (Lipinski definition) is 3. The minimum atomic E-state index is -0.596. The molecule has 0 radical (unpaired) electrons. The monoisotopic (exact) mass is 304 g/mol. The zero-order chi connectivity index (χ0) is 15.4. The lowest BCUT2D eigenvalue weighted by atomic mass is 10.0. The van der Waals surface area contributed by atoms with Crippen LogP contribution in [-0.2, 0) is 9.63 Å². The molecule has 1 N–H and O–H groups in total. The molecule has 4 nitrogen and oxygen atoms in total. The highest BCUT2D eigenvalue weighted by Gasteiger charge is 2.30. The molecule has 0 aromatic heterocycles. The summed E-state index contributed by atoms with van der Waals surface area (Å²) < 4.78 is 13.2. The first kappa shape index (κ1) is 15.0. The van der Waals surface area contributed by atoms with Crippen LogP contribution in [0, 0.1) is 5.82 Å². The van der Waals surface area contributed by atoms with Gasteiger partial charge in [-0.2, -0.15) is 0 Å². The Morgan fingerprint density at radius 1 is 1.23 bits per heavy atom. The number of nitrogens with zero attached hydrogens (tertiary/aromatic N) is 1. The molecule has 3 rings (SSSR count).